The van der Waals surface area contributed by atoms with Crippen molar-refractivity contribution in [1.82, 2.24) is 0 Å². The molecule has 3 nitrogen and oxygen atoms in total. The second kappa shape index (κ2) is 7.54. The van der Waals surface area contributed by atoms with Crippen LogP contribution in [-0.4, -0.2) is 5.91 Å². The molecule has 0 atom stereocenters. The standard InChI is InChI=1S/C18H18F2N2O/c1-12(2)17(21-15-7-3-13(19)4-8-15)11-18(23)22-16-9-5-14(20)6-10-16/h3-12,21H,1-2H3,(H,22,23)/b17-11+. The Morgan fingerprint density at radius 3 is 1.74 bits per heavy atom. The lowest BCUT2D eigenvalue weighted by atomic mass is 10.1. The van der Waals surface area contributed by atoms with Gasteiger partial charge in [-0.05, 0) is 54.4 Å². The minimum atomic E-state index is -0.362. The van der Waals surface area contributed by atoms with E-state index in [9.17, 15) is 13.6 Å². The average molecular weight is 316 g/mol. The largest absolute Gasteiger partial charge is 0.359 e. The molecular formula is C18H18F2N2O. The predicted molar refractivity (Wildman–Crippen MR) is 88.0 cm³/mol. The van der Waals surface area contributed by atoms with E-state index in [-0.39, 0.29) is 23.5 Å². The van der Waals surface area contributed by atoms with Crippen LogP contribution in [0.3, 0.4) is 0 Å². The van der Waals surface area contributed by atoms with Gasteiger partial charge in [-0.2, -0.15) is 0 Å². The van der Waals surface area contributed by atoms with Crippen LogP contribution < -0.4 is 10.6 Å². The van der Waals surface area contributed by atoms with Crippen molar-refractivity contribution in [3.8, 4) is 0 Å². The maximum Gasteiger partial charge on any atom is 0.250 e. The summed E-state index contributed by atoms with van der Waals surface area (Å²) in [6.07, 6.45) is 1.44. The fourth-order valence-corrected chi connectivity index (χ4v) is 1.90. The summed E-state index contributed by atoms with van der Waals surface area (Å²) in [4.78, 5) is 12.1. The van der Waals surface area contributed by atoms with Gasteiger partial charge in [0.05, 0.1) is 0 Å². The van der Waals surface area contributed by atoms with Gasteiger partial charge in [0.1, 0.15) is 11.6 Å². The maximum atomic E-state index is 12.9. The number of carbonyl (C=O) groups excluding carboxylic acids is 1. The molecule has 1 amide bonds. The predicted octanol–water partition coefficient (Wildman–Crippen LogP) is 4.56. The Morgan fingerprint density at radius 1 is 0.870 bits per heavy atom. The molecule has 0 saturated carbocycles. The number of halogens is 2. The van der Waals surface area contributed by atoms with Crippen LogP contribution >= 0.6 is 0 Å². The van der Waals surface area contributed by atoms with E-state index in [4.69, 9.17) is 0 Å². The fraction of sp³-hybridized carbons (Fsp3) is 0.167. The van der Waals surface area contributed by atoms with Gasteiger partial charge in [0, 0.05) is 23.1 Å². The Bertz CT molecular complexity index is 692. The van der Waals surface area contributed by atoms with Gasteiger partial charge in [0.15, 0.2) is 0 Å². The number of anilines is 2. The number of nitrogens with one attached hydrogen (secondary N) is 2. The zero-order valence-electron chi connectivity index (χ0n) is 12.9. The number of amides is 1. The molecule has 2 N–H and O–H groups in total. The van der Waals surface area contributed by atoms with E-state index >= 15 is 0 Å². The number of allylic oxidation sites excluding steroid dienone is 1. The first-order valence-corrected chi connectivity index (χ1v) is 7.25. The van der Waals surface area contributed by atoms with E-state index in [1.165, 1.54) is 42.5 Å². The summed E-state index contributed by atoms with van der Waals surface area (Å²) in [6, 6.07) is 11.4. The average Bonchev–Trinajstić information content (AvgIpc) is 2.51. The molecule has 5 heteroatoms. The minimum absolute atomic E-state index is 0.0685. The zero-order chi connectivity index (χ0) is 16.8. The third-order valence-corrected chi connectivity index (χ3v) is 3.15. The quantitative estimate of drug-likeness (QED) is 0.794. The van der Waals surface area contributed by atoms with Crippen molar-refractivity contribution >= 4 is 17.3 Å². The van der Waals surface area contributed by atoms with Gasteiger partial charge in [-0.1, -0.05) is 13.8 Å². The lowest BCUT2D eigenvalue weighted by Gasteiger charge is -2.14. The molecule has 23 heavy (non-hydrogen) atoms. The summed E-state index contributed by atoms with van der Waals surface area (Å²) in [5, 5.41) is 5.77. The summed E-state index contributed by atoms with van der Waals surface area (Å²) in [7, 11) is 0. The molecule has 120 valence electrons. The second-order valence-electron chi connectivity index (χ2n) is 5.38. The molecule has 0 spiro atoms. The van der Waals surface area contributed by atoms with E-state index < -0.39 is 0 Å². The van der Waals surface area contributed by atoms with Crippen molar-refractivity contribution < 1.29 is 13.6 Å². The van der Waals surface area contributed by atoms with Gasteiger partial charge in [-0.3, -0.25) is 4.79 Å². The highest BCUT2D eigenvalue weighted by atomic mass is 19.1. The first kappa shape index (κ1) is 16.7. The van der Waals surface area contributed by atoms with Crippen LogP contribution in [0.4, 0.5) is 20.2 Å². The summed E-state index contributed by atoms with van der Waals surface area (Å²) in [5.41, 5.74) is 1.90. The number of benzene rings is 2. The Balaban J connectivity index is 2.09. The van der Waals surface area contributed by atoms with Crippen LogP contribution in [0.2, 0.25) is 0 Å². The first-order chi connectivity index (χ1) is 10.9. The summed E-state index contributed by atoms with van der Waals surface area (Å²) < 4.78 is 25.8. The highest BCUT2D eigenvalue weighted by Gasteiger charge is 2.08. The molecule has 2 aromatic rings. The van der Waals surface area contributed by atoms with Crippen LogP contribution in [0.25, 0.3) is 0 Å². The van der Waals surface area contributed by atoms with Crippen LogP contribution in [0, 0.1) is 17.6 Å². The molecule has 0 bridgehead atoms. The molecule has 0 fully saturated rings. The lowest BCUT2D eigenvalue weighted by Crippen LogP contribution is -2.14. The van der Waals surface area contributed by atoms with Gasteiger partial charge in [0.2, 0.25) is 5.91 Å². The molecular weight excluding hydrogens is 298 g/mol. The number of hydrogen-bond acceptors (Lipinski definition) is 2. The minimum Gasteiger partial charge on any atom is -0.359 e. The molecule has 0 aliphatic heterocycles. The van der Waals surface area contributed by atoms with Gasteiger partial charge >= 0.3 is 0 Å². The van der Waals surface area contributed by atoms with Gasteiger partial charge in [0.25, 0.3) is 0 Å². The van der Waals surface area contributed by atoms with Crippen LogP contribution in [0.5, 0.6) is 0 Å². The third-order valence-electron chi connectivity index (χ3n) is 3.15. The lowest BCUT2D eigenvalue weighted by molar-refractivity contribution is -0.112. The summed E-state index contributed by atoms with van der Waals surface area (Å²) >= 11 is 0. The molecule has 2 rings (SSSR count). The monoisotopic (exact) mass is 316 g/mol. The maximum absolute atomic E-state index is 12.9. The topological polar surface area (TPSA) is 41.1 Å². The Hall–Kier alpha value is -2.69. The zero-order valence-corrected chi connectivity index (χ0v) is 12.9. The smallest absolute Gasteiger partial charge is 0.250 e. The molecule has 0 unspecified atom stereocenters. The molecule has 0 heterocycles. The van der Waals surface area contributed by atoms with Crippen molar-refractivity contribution in [1.29, 1.82) is 0 Å². The van der Waals surface area contributed by atoms with E-state index in [0.29, 0.717) is 17.1 Å². The van der Waals surface area contributed by atoms with Crippen molar-refractivity contribution in [3.63, 3.8) is 0 Å². The van der Waals surface area contributed by atoms with Crippen LogP contribution in [-0.2, 0) is 4.79 Å². The van der Waals surface area contributed by atoms with Crippen molar-refractivity contribution in [3.05, 3.63) is 71.9 Å². The Morgan fingerprint density at radius 2 is 1.30 bits per heavy atom. The fourth-order valence-electron chi connectivity index (χ4n) is 1.90. The number of hydrogen-bond donors (Lipinski definition) is 2. The molecule has 0 aromatic heterocycles. The van der Waals surface area contributed by atoms with E-state index in [1.807, 2.05) is 13.8 Å². The van der Waals surface area contributed by atoms with Crippen molar-refractivity contribution in [2.24, 2.45) is 5.92 Å². The number of rotatable bonds is 5. The summed E-state index contributed by atoms with van der Waals surface area (Å²) in [6.45, 7) is 3.88. The molecule has 0 aliphatic carbocycles. The van der Waals surface area contributed by atoms with Crippen molar-refractivity contribution in [2.45, 2.75) is 13.8 Å². The van der Waals surface area contributed by atoms with Gasteiger partial charge < -0.3 is 10.6 Å². The molecule has 0 aliphatic rings. The van der Waals surface area contributed by atoms with Crippen molar-refractivity contribution in [2.75, 3.05) is 10.6 Å². The third kappa shape index (κ3) is 5.21. The van der Waals surface area contributed by atoms with Gasteiger partial charge in [-0.25, -0.2) is 8.78 Å². The van der Waals surface area contributed by atoms with Crippen LogP contribution in [0.1, 0.15) is 13.8 Å². The van der Waals surface area contributed by atoms with E-state index in [0.717, 1.165) is 0 Å². The van der Waals surface area contributed by atoms with E-state index in [1.54, 1.807) is 12.1 Å². The molecule has 0 radical (unpaired) electrons. The highest BCUT2D eigenvalue weighted by Crippen LogP contribution is 2.17. The Kier molecular flexibility index (Phi) is 5.46. The highest BCUT2D eigenvalue weighted by molar-refractivity contribution is 6.00. The molecule has 2 aromatic carbocycles. The van der Waals surface area contributed by atoms with Gasteiger partial charge in [-0.15, -0.1) is 0 Å². The summed E-state index contributed by atoms with van der Waals surface area (Å²) in [5.74, 6) is -0.937. The van der Waals surface area contributed by atoms with E-state index in [2.05, 4.69) is 10.6 Å². The molecule has 0 saturated heterocycles. The van der Waals surface area contributed by atoms with Crippen LogP contribution in [0.15, 0.2) is 60.3 Å². The first-order valence-electron chi connectivity index (χ1n) is 7.25. The normalized spacial score (nSPS) is 11.4. The number of carbonyl (C=O) groups is 1. The SMILES string of the molecule is CC(C)/C(=C\C(=O)Nc1ccc(F)cc1)Nc1ccc(F)cc1. The Labute approximate surface area is 134 Å². The second-order valence-corrected chi connectivity index (χ2v) is 5.38.